The maximum atomic E-state index is 12.3. The summed E-state index contributed by atoms with van der Waals surface area (Å²) in [6, 6.07) is 16.8. The number of benzene rings is 2. The molecule has 0 unspecified atom stereocenters. The standard InChI is InChI=1S/C20H20N2O4/c1-14-18(22-20(26-14)15-8-4-3-5-9-15)19(23)21-12-13-25-17-11-7-6-10-16(17)24-2/h3-11H,12-13H2,1-2H3,(H,21,23). The highest BCUT2D eigenvalue weighted by atomic mass is 16.5. The number of carbonyl (C=O) groups excluding carboxylic acids is 1. The first-order valence-corrected chi connectivity index (χ1v) is 8.26. The quantitative estimate of drug-likeness (QED) is 0.659. The van der Waals surface area contributed by atoms with Crippen LogP contribution in [0.25, 0.3) is 11.5 Å². The average Bonchev–Trinajstić information content (AvgIpc) is 3.08. The summed E-state index contributed by atoms with van der Waals surface area (Å²) in [6.07, 6.45) is 0. The number of methoxy groups -OCH3 is 1. The summed E-state index contributed by atoms with van der Waals surface area (Å²) in [4.78, 5) is 16.6. The van der Waals surface area contributed by atoms with Crippen molar-refractivity contribution in [3.63, 3.8) is 0 Å². The Morgan fingerprint density at radius 2 is 1.77 bits per heavy atom. The van der Waals surface area contributed by atoms with Gasteiger partial charge in [0.25, 0.3) is 5.91 Å². The lowest BCUT2D eigenvalue weighted by Crippen LogP contribution is -2.28. The van der Waals surface area contributed by atoms with Crippen molar-refractivity contribution in [1.29, 1.82) is 0 Å². The topological polar surface area (TPSA) is 73.6 Å². The second kappa shape index (κ2) is 8.20. The summed E-state index contributed by atoms with van der Waals surface area (Å²) < 4.78 is 16.5. The molecule has 0 atom stereocenters. The van der Waals surface area contributed by atoms with Gasteiger partial charge in [-0.25, -0.2) is 4.98 Å². The number of rotatable bonds is 7. The number of oxazole rings is 1. The lowest BCUT2D eigenvalue weighted by atomic mass is 10.2. The molecule has 26 heavy (non-hydrogen) atoms. The van der Waals surface area contributed by atoms with Crippen molar-refractivity contribution in [2.75, 3.05) is 20.3 Å². The fraction of sp³-hybridized carbons (Fsp3) is 0.200. The van der Waals surface area contributed by atoms with Crippen LogP contribution < -0.4 is 14.8 Å². The van der Waals surface area contributed by atoms with E-state index in [1.54, 1.807) is 14.0 Å². The van der Waals surface area contributed by atoms with E-state index in [-0.39, 0.29) is 11.6 Å². The minimum atomic E-state index is -0.294. The molecule has 1 aromatic heterocycles. The minimum Gasteiger partial charge on any atom is -0.493 e. The summed E-state index contributed by atoms with van der Waals surface area (Å²) >= 11 is 0. The summed E-state index contributed by atoms with van der Waals surface area (Å²) in [7, 11) is 1.58. The molecule has 2 aromatic carbocycles. The molecule has 0 spiro atoms. The molecule has 0 aliphatic carbocycles. The van der Waals surface area contributed by atoms with Crippen molar-refractivity contribution < 1.29 is 18.7 Å². The van der Waals surface area contributed by atoms with E-state index in [1.807, 2.05) is 54.6 Å². The molecular formula is C20H20N2O4. The molecule has 134 valence electrons. The lowest BCUT2D eigenvalue weighted by Gasteiger charge is -2.10. The van der Waals surface area contributed by atoms with Gasteiger partial charge in [-0.1, -0.05) is 30.3 Å². The fourth-order valence-corrected chi connectivity index (χ4v) is 2.46. The van der Waals surface area contributed by atoms with Gasteiger partial charge in [-0.05, 0) is 31.2 Å². The number of ether oxygens (including phenoxy) is 2. The molecule has 0 saturated carbocycles. The molecular weight excluding hydrogens is 332 g/mol. The monoisotopic (exact) mass is 352 g/mol. The summed E-state index contributed by atoms with van der Waals surface area (Å²) in [6.45, 7) is 2.37. The Morgan fingerprint density at radius 1 is 1.08 bits per heavy atom. The number of para-hydroxylation sites is 2. The molecule has 0 fully saturated rings. The molecule has 0 aliphatic rings. The van der Waals surface area contributed by atoms with Crippen LogP contribution in [0.2, 0.25) is 0 Å². The van der Waals surface area contributed by atoms with Gasteiger partial charge in [0.1, 0.15) is 12.4 Å². The molecule has 0 bridgehead atoms. The number of nitrogens with one attached hydrogen (secondary N) is 1. The van der Waals surface area contributed by atoms with Gasteiger partial charge in [-0.3, -0.25) is 4.79 Å². The van der Waals surface area contributed by atoms with Crippen LogP contribution in [-0.2, 0) is 0 Å². The van der Waals surface area contributed by atoms with Crippen molar-refractivity contribution in [2.45, 2.75) is 6.92 Å². The summed E-state index contributed by atoms with van der Waals surface area (Å²) in [5, 5.41) is 2.79. The number of hydrogen-bond acceptors (Lipinski definition) is 5. The molecule has 1 heterocycles. The Morgan fingerprint density at radius 3 is 2.50 bits per heavy atom. The Balaban J connectivity index is 1.56. The number of aromatic nitrogens is 1. The first-order chi connectivity index (χ1) is 12.7. The third-order valence-corrected chi connectivity index (χ3v) is 3.75. The Hall–Kier alpha value is -3.28. The molecule has 6 heteroatoms. The smallest absolute Gasteiger partial charge is 0.273 e. The highest BCUT2D eigenvalue weighted by molar-refractivity contribution is 5.93. The van der Waals surface area contributed by atoms with Crippen LogP contribution in [0, 0.1) is 6.92 Å². The van der Waals surface area contributed by atoms with Crippen molar-refractivity contribution in [1.82, 2.24) is 10.3 Å². The Bertz CT molecular complexity index is 875. The zero-order valence-electron chi connectivity index (χ0n) is 14.7. The molecule has 6 nitrogen and oxygen atoms in total. The van der Waals surface area contributed by atoms with Crippen molar-refractivity contribution in [3.8, 4) is 23.0 Å². The Labute approximate surface area is 151 Å². The van der Waals surface area contributed by atoms with E-state index >= 15 is 0 Å². The normalized spacial score (nSPS) is 10.4. The fourth-order valence-electron chi connectivity index (χ4n) is 2.46. The molecule has 0 saturated heterocycles. The summed E-state index contributed by atoms with van der Waals surface area (Å²) in [5.41, 5.74) is 1.11. The number of aryl methyl sites for hydroxylation is 1. The van der Waals surface area contributed by atoms with E-state index in [4.69, 9.17) is 13.9 Å². The molecule has 0 radical (unpaired) electrons. The van der Waals surface area contributed by atoms with Gasteiger partial charge < -0.3 is 19.2 Å². The molecule has 0 aliphatic heterocycles. The first-order valence-electron chi connectivity index (χ1n) is 8.26. The van der Waals surface area contributed by atoms with E-state index in [0.29, 0.717) is 36.3 Å². The van der Waals surface area contributed by atoms with Crippen LogP contribution >= 0.6 is 0 Å². The highest BCUT2D eigenvalue weighted by Crippen LogP contribution is 2.25. The predicted molar refractivity (Wildman–Crippen MR) is 97.5 cm³/mol. The number of hydrogen-bond donors (Lipinski definition) is 1. The number of amides is 1. The maximum Gasteiger partial charge on any atom is 0.273 e. The van der Waals surface area contributed by atoms with Crippen LogP contribution in [0.4, 0.5) is 0 Å². The van der Waals surface area contributed by atoms with Crippen LogP contribution in [-0.4, -0.2) is 31.2 Å². The second-order valence-corrected chi connectivity index (χ2v) is 5.55. The van der Waals surface area contributed by atoms with Gasteiger partial charge in [-0.15, -0.1) is 0 Å². The van der Waals surface area contributed by atoms with Crippen LogP contribution in [0.1, 0.15) is 16.2 Å². The second-order valence-electron chi connectivity index (χ2n) is 5.55. The van der Waals surface area contributed by atoms with E-state index < -0.39 is 0 Å². The molecule has 1 N–H and O–H groups in total. The van der Waals surface area contributed by atoms with E-state index in [2.05, 4.69) is 10.3 Å². The zero-order valence-corrected chi connectivity index (χ0v) is 14.7. The summed E-state index contributed by atoms with van der Waals surface area (Å²) in [5.74, 6) is 1.90. The largest absolute Gasteiger partial charge is 0.493 e. The lowest BCUT2D eigenvalue weighted by molar-refractivity contribution is 0.0941. The molecule has 3 rings (SSSR count). The highest BCUT2D eigenvalue weighted by Gasteiger charge is 2.17. The number of carbonyl (C=O) groups is 1. The average molecular weight is 352 g/mol. The van der Waals surface area contributed by atoms with Crippen LogP contribution in [0.5, 0.6) is 11.5 Å². The van der Waals surface area contributed by atoms with E-state index in [9.17, 15) is 4.79 Å². The Kier molecular flexibility index (Phi) is 5.53. The van der Waals surface area contributed by atoms with Gasteiger partial charge in [0.05, 0.1) is 13.7 Å². The van der Waals surface area contributed by atoms with E-state index in [0.717, 1.165) is 5.56 Å². The minimum absolute atomic E-state index is 0.279. The molecule has 3 aromatic rings. The van der Waals surface area contributed by atoms with Gasteiger partial charge in [0.2, 0.25) is 5.89 Å². The van der Waals surface area contributed by atoms with Crippen LogP contribution in [0.15, 0.2) is 59.0 Å². The first kappa shape index (κ1) is 17.5. The van der Waals surface area contributed by atoms with E-state index in [1.165, 1.54) is 0 Å². The zero-order chi connectivity index (χ0) is 18.4. The van der Waals surface area contributed by atoms with Crippen molar-refractivity contribution in [3.05, 3.63) is 66.1 Å². The van der Waals surface area contributed by atoms with Gasteiger partial charge in [-0.2, -0.15) is 0 Å². The third kappa shape index (κ3) is 4.03. The van der Waals surface area contributed by atoms with Crippen molar-refractivity contribution in [2.24, 2.45) is 0 Å². The van der Waals surface area contributed by atoms with Gasteiger partial charge in [0, 0.05) is 5.56 Å². The van der Waals surface area contributed by atoms with Gasteiger partial charge >= 0.3 is 0 Å². The number of nitrogens with zero attached hydrogens (tertiary/aromatic N) is 1. The SMILES string of the molecule is COc1ccccc1OCCNC(=O)c1nc(-c2ccccc2)oc1C. The van der Waals surface area contributed by atoms with Crippen LogP contribution in [0.3, 0.4) is 0 Å². The maximum absolute atomic E-state index is 12.3. The van der Waals surface area contributed by atoms with Gasteiger partial charge in [0.15, 0.2) is 17.2 Å². The predicted octanol–water partition coefficient (Wildman–Crippen LogP) is 3.47. The molecule has 1 amide bonds. The third-order valence-electron chi connectivity index (χ3n) is 3.75. The van der Waals surface area contributed by atoms with Crippen molar-refractivity contribution >= 4 is 5.91 Å².